The number of nitrogens with one attached hydrogen (secondary N) is 1. The second kappa shape index (κ2) is 5.65. The minimum absolute atomic E-state index is 0.100. The smallest absolute Gasteiger partial charge is 0.150 e. The van der Waals surface area contributed by atoms with Crippen LogP contribution in [0.3, 0.4) is 0 Å². The summed E-state index contributed by atoms with van der Waals surface area (Å²) in [5.74, 6) is 0.961. The van der Waals surface area contributed by atoms with E-state index in [1.165, 1.54) is 0 Å². The van der Waals surface area contributed by atoms with E-state index in [9.17, 15) is 5.11 Å². The Morgan fingerprint density at radius 1 is 1.56 bits per heavy atom. The molecule has 1 atom stereocenters. The molecule has 0 fully saturated rings. The van der Waals surface area contributed by atoms with Gasteiger partial charge in [-0.15, -0.1) is 11.3 Å². The molecule has 0 saturated heterocycles. The van der Waals surface area contributed by atoms with E-state index in [1.807, 2.05) is 31.5 Å². The minimum atomic E-state index is -0.318. The van der Waals surface area contributed by atoms with Crippen molar-refractivity contribution < 1.29 is 5.11 Å². The van der Waals surface area contributed by atoms with Crippen molar-refractivity contribution >= 4 is 11.3 Å². The van der Waals surface area contributed by atoms with Crippen LogP contribution in [-0.2, 0) is 6.54 Å². The van der Waals surface area contributed by atoms with Crippen LogP contribution in [0.4, 0.5) is 0 Å². The Morgan fingerprint density at radius 2 is 2.39 bits per heavy atom. The third-order valence-electron chi connectivity index (χ3n) is 2.93. The first-order valence-electron chi connectivity index (χ1n) is 6.09. The highest BCUT2D eigenvalue weighted by Crippen LogP contribution is 2.24. The molecule has 0 saturated carbocycles. The van der Waals surface area contributed by atoms with Gasteiger partial charge in [-0.05, 0) is 24.9 Å². The lowest BCUT2D eigenvalue weighted by Gasteiger charge is -2.29. The second-order valence-corrected chi connectivity index (χ2v) is 5.55. The molecule has 98 valence electrons. The molecular weight excluding hydrogens is 246 g/mol. The number of aromatic nitrogens is 2. The number of thiophene rings is 1. The Hall–Kier alpha value is -1.17. The lowest BCUT2D eigenvalue weighted by Crippen LogP contribution is -2.49. The molecule has 0 aliphatic heterocycles. The summed E-state index contributed by atoms with van der Waals surface area (Å²) >= 11 is 1.68. The van der Waals surface area contributed by atoms with E-state index in [2.05, 4.69) is 20.9 Å². The predicted octanol–water partition coefficient (Wildman–Crippen LogP) is 1.97. The minimum Gasteiger partial charge on any atom is -0.394 e. The zero-order valence-corrected chi connectivity index (χ0v) is 11.6. The lowest BCUT2D eigenvalue weighted by atomic mass is 10.0. The quantitative estimate of drug-likeness (QED) is 0.839. The normalized spacial score (nSPS) is 14.6. The van der Waals surface area contributed by atoms with Crippen LogP contribution >= 0.6 is 11.3 Å². The van der Waals surface area contributed by atoms with Crippen LogP contribution in [0.5, 0.6) is 0 Å². The molecule has 0 aromatic carbocycles. The van der Waals surface area contributed by atoms with Crippen LogP contribution in [0.2, 0.25) is 0 Å². The molecule has 2 heterocycles. The monoisotopic (exact) mass is 265 g/mol. The van der Waals surface area contributed by atoms with Gasteiger partial charge in [0.15, 0.2) is 0 Å². The van der Waals surface area contributed by atoms with Crippen LogP contribution in [-0.4, -0.2) is 33.3 Å². The average Bonchev–Trinajstić information content (AvgIpc) is 2.99. The van der Waals surface area contributed by atoms with Crippen molar-refractivity contribution in [2.45, 2.75) is 25.9 Å². The number of imidazole rings is 1. The highest BCUT2D eigenvalue weighted by molar-refractivity contribution is 7.13. The third-order valence-corrected chi connectivity index (χ3v) is 3.79. The SMILES string of the molecule is CCNC(C)(CO)Cn1ccnc1-c1cccs1. The van der Waals surface area contributed by atoms with Crippen molar-refractivity contribution in [1.29, 1.82) is 0 Å². The van der Waals surface area contributed by atoms with Gasteiger partial charge in [0.1, 0.15) is 5.82 Å². The summed E-state index contributed by atoms with van der Waals surface area (Å²) in [4.78, 5) is 5.55. The first kappa shape index (κ1) is 13.3. The van der Waals surface area contributed by atoms with Crippen LogP contribution in [0.15, 0.2) is 29.9 Å². The molecule has 18 heavy (non-hydrogen) atoms. The fourth-order valence-corrected chi connectivity index (χ4v) is 2.77. The molecule has 0 aliphatic rings. The van der Waals surface area contributed by atoms with Crippen LogP contribution in [0, 0.1) is 0 Å². The number of aliphatic hydroxyl groups excluding tert-OH is 1. The highest BCUT2D eigenvalue weighted by Gasteiger charge is 2.23. The lowest BCUT2D eigenvalue weighted by molar-refractivity contribution is 0.160. The standard InChI is InChI=1S/C13H19N3OS/c1-3-15-13(2,10-17)9-16-7-6-14-12(16)11-5-4-8-18-11/h4-8,15,17H,3,9-10H2,1-2H3. The van der Waals surface area contributed by atoms with Crippen molar-refractivity contribution in [2.24, 2.45) is 0 Å². The Labute approximate surface area is 111 Å². The maximum Gasteiger partial charge on any atom is 0.150 e. The topological polar surface area (TPSA) is 50.1 Å². The summed E-state index contributed by atoms with van der Waals surface area (Å²) in [6.45, 7) is 5.70. The Bertz CT molecular complexity index is 480. The zero-order valence-electron chi connectivity index (χ0n) is 10.8. The zero-order chi connectivity index (χ0) is 13.0. The Morgan fingerprint density at radius 3 is 3.00 bits per heavy atom. The summed E-state index contributed by atoms with van der Waals surface area (Å²) in [6, 6.07) is 4.08. The van der Waals surface area contributed by atoms with E-state index in [-0.39, 0.29) is 12.1 Å². The van der Waals surface area contributed by atoms with Gasteiger partial charge in [-0.25, -0.2) is 4.98 Å². The Balaban J connectivity index is 2.22. The second-order valence-electron chi connectivity index (χ2n) is 4.61. The molecule has 2 aromatic heterocycles. The van der Waals surface area contributed by atoms with Gasteiger partial charge in [0.2, 0.25) is 0 Å². The molecule has 5 heteroatoms. The summed E-state index contributed by atoms with van der Waals surface area (Å²) in [7, 11) is 0. The molecule has 0 amide bonds. The van der Waals surface area contributed by atoms with E-state index >= 15 is 0 Å². The largest absolute Gasteiger partial charge is 0.394 e. The fraction of sp³-hybridized carbons (Fsp3) is 0.462. The number of likely N-dealkylation sites (N-methyl/N-ethyl adjacent to an activating group) is 1. The summed E-state index contributed by atoms with van der Waals surface area (Å²) in [5, 5.41) is 14.9. The van der Waals surface area contributed by atoms with E-state index < -0.39 is 0 Å². The van der Waals surface area contributed by atoms with Gasteiger partial charge < -0.3 is 15.0 Å². The first-order chi connectivity index (χ1) is 8.68. The summed E-state index contributed by atoms with van der Waals surface area (Å²) < 4.78 is 2.09. The van der Waals surface area contributed by atoms with E-state index in [0.717, 1.165) is 17.2 Å². The number of nitrogens with zero attached hydrogens (tertiary/aromatic N) is 2. The van der Waals surface area contributed by atoms with Gasteiger partial charge in [0.25, 0.3) is 0 Å². The molecular formula is C13H19N3OS. The van der Waals surface area contributed by atoms with Gasteiger partial charge in [0.05, 0.1) is 17.0 Å². The third kappa shape index (κ3) is 2.80. The average molecular weight is 265 g/mol. The number of aliphatic hydroxyl groups is 1. The van der Waals surface area contributed by atoms with Crippen molar-refractivity contribution in [1.82, 2.24) is 14.9 Å². The van der Waals surface area contributed by atoms with Gasteiger partial charge in [0, 0.05) is 18.9 Å². The Kier molecular flexibility index (Phi) is 4.16. The fourth-order valence-electron chi connectivity index (χ4n) is 2.03. The molecule has 0 bridgehead atoms. The molecule has 2 N–H and O–H groups in total. The van der Waals surface area contributed by atoms with Crippen LogP contribution < -0.4 is 5.32 Å². The van der Waals surface area contributed by atoms with Crippen LogP contribution in [0.25, 0.3) is 10.7 Å². The van der Waals surface area contributed by atoms with Gasteiger partial charge in [-0.1, -0.05) is 13.0 Å². The van der Waals surface area contributed by atoms with Crippen molar-refractivity contribution in [3.05, 3.63) is 29.9 Å². The maximum absolute atomic E-state index is 9.54. The van der Waals surface area contributed by atoms with Gasteiger partial charge in [-0.2, -0.15) is 0 Å². The van der Waals surface area contributed by atoms with Gasteiger partial charge in [-0.3, -0.25) is 0 Å². The first-order valence-corrected chi connectivity index (χ1v) is 6.97. The van der Waals surface area contributed by atoms with E-state index in [1.54, 1.807) is 17.5 Å². The van der Waals surface area contributed by atoms with E-state index in [4.69, 9.17) is 0 Å². The summed E-state index contributed by atoms with van der Waals surface area (Å²) in [6.07, 6.45) is 3.76. The molecule has 0 radical (unpaired) electrons. The molecule has 1 unspecified atom stereocenters. The number of hydrogen-bond acceptors (Lipinski definition) is 4. The van der Waals surface area contributed by atoms with Crippen molar-refractivity contribution in [2.75, 3.05) is 13.2 Å². The highest BCUT2D eigenvalue weighted by atomic mass is 32.1. The number of rotatable bonds is 6. The van der Waals surface area contributed by atoms with E-state index in [0.29, 0.717) is 6.54 Å². The molecule has 2 rings (SSSR count). The molecule has 0 aliphatic carbocycles. The van der Waals surface area contributed by atoms with Crippen LogP contribution in [0.1, 0.15) is 13.8 Å². The molecule has 0 spiro atoms. The number of hydrogen-bond donors (Lipinski definition) is 2. The van der Waals surface area contributed by atoms with Gasteiger partial charge >= 0.3 is 0 Å². The molecule has 2 aromatic rings. The maximum atomic E-state index is 9.54. The van der Waals surface area contributed by atoms with Crippen molar-refractivity contribution in [3.8, 4) is 10.7 Å². The molecule has 4 nitrogen and oxygen atoms in total. The summed E-state index contributed by atoms with van der Waals surface area (Å²) in [5.41, 5.74) is -0.318. The van der Waals surface area contributed by atoms with Crippen molar-refractivity contribution in [3.63, 3.8) is 0 Å². The predicted molar refractivity (Wildman–Crippen MR) is 74.7 cm³/mol.